The van der Waals surface area contributed by atoms with Crippen LogP contribution in [0.5, 0.6) is 34.5 Å². The van der Waals surface area contributed by atoms with Crippen LogP contribution in [0, 0.1) is 0 Å². The molecule has 11 nitrogen and oxygen atoms in total. The minimum Gasteiger partial charge on any atom is -0.507 e. The number of ether oxygens (including phenoxy) is 3. The van der Waals surface area contributed by atoms with Gasteiger partial charge in [-0.1, -0.05) is 0 Å². The largest absolute Gasteiger partial charge is 0.507 e. The first-order chi connectivity index (χ1) is 15.2. The lowest BCUT2D eigenvalue weighted by Gasteiger charge is -2.16. The van der Waals surface area contributed by atoms with Crippen LogP contribution in [-0.2, 0) is 4.74 Å². The van der Waals surface area contributed by atoms with Crippen LogP contribution >= 0.6 is 0 Å². The first-order valence-electron chi connectivity index (χ1n) is 9.45. The fourth-order valence-electron chi connectivity index (χ4n) is 3.44. The van der Waals surface area contributed by atoms with Crippen LogP contribution in [0.3, 0.4) is 0 Å². The molecule has 1 aliphatic heterocycles. The summed E-state index contributed by atoms with van der Waals surface area (Å²) < 4.78 is 21.9. The standard InChI is InChI=1S/C21H20O11/c1-29-14-3-8(2-12(25)17(14)26)20-15(31-21-19(28)18(27)16(7-22)32-21)6-10-11(24)4-9(23)5-13(10)30-20/h2-6,16,18-19,21-22,27-28H,7H2,1H3,(H3-,23,24,25,26)/p+1/t16-,18-,19+,21-/m0/s1. The fraction of sp³-hybridized carbons (Fsp3) is 0.286. The summed E-state index contributed by atoms with van der Waals surface area (Å²) >= 11 is 0. The molecule has 1 saturated heterocycles. The summed E-state index contributed by atoms with van der Waals surface area (Å²) in [5, 5.41) is 69.7. The zero-order valence-electron chi connectivity index (χ0n) is 16.7. The second kappa shape index (κ2) is 8.20. The van der Waals surface area contributed by atoms with Gasteiger partial charge in [-0.15, -0.1) is 0 Å². The SMILES string of the molecule is COc1cc(-c2[o+]c3cc(O)cc(O)c3cc2O[C@H]2O[C@@H](CO)[C@H](O)[C@H]2O)cc(O)c1O. The Morgan fingerprint density at radius 1 is 0.938 bits per heavy atom. The number of benzene rings is 2. The molecule has 3 aromatic rings. The van der Waals surface area contributed by atoms with Crippen molar-refractivity contribution in [2.24, 2.45) is 0 Å². The highest BCUT2D eigenvalue weighted by atomic mass is 16.7. The van der Waals surface area contributed by atoms with Crippen molar-refractivity contribution in [3.63, 3.8) is 0 Å². The molecule has 7 N–H and O–H groups in total. The molecule has 0 spiro atoms. The molecule has 4 rings (SSSR count). The first-order valence-corrected chi connectivity index (χ1v) is 9.45. The summed E-state index contributed by atoms with van der Waals surface area (Å²) in [6.45, 7) is -0.559. The summed E-state index contributed by atoms with van der Waals surface area (Å²) in [5.41, 5.74) is 0.223. The minimum absolute atomic E-state index is 0.0474. The Labute approximate surface area is 180 Å². The van der Waals surface area contributed by atoms with Crippen LogP contribution in [0.4, 0.5) is 0 Å². The predicted octanol–water partition coefficient (Wildman–Crippen LogP) is 1.03. The average Bonchev–Trinajstić information content (AvgIpc) is 3.03. The summed E-state index contributed by atoms with van der Waals surface area (Å²) in [7, 11) is 1.28. The molecule has 170 valence electrons. The Balaban J connectivity index is 1.88. The van der Waals surface area contributed by atoms with Crippen molar-refractivity contribution in [1.29, 1.82) is 0 Å². The van der Waals surface area contributed by atoms with Gasteiger partial charge in [0.2, 0.25) is 17.8 Å². The van der Waals surface area contributed by atoms with Gasteiger partial charge < -0.3 is 50.0 Å². The molecule has 0 bridgehead atoms. The Bertz CT molecular complexity index is 1160. The normalized spacial score (nSPS) is 22.9. The number of aliphatic hydroxyl groups excluding tert-OH is 3. The highest BCUT2D eigenvalue weighted by molar-refractivity contribution is 5.88. The van der Waals surface area contributed by atoms with E-state index in [1.165, 1.54) is 25.3 Å². The highest BCUT2D eigenvalue weighted by Gasteiger charge is 2.45. The van der Waals surface area contributed by atoms with Crippen molar-refractivity contribution in [3.05, 3.63) is 30.3 Å². The van der Waals surface area contributed by atoms with Crippen LogP contribution in [0.15, 0.2) is 34.7 Å². The van der Waals surface area contributed by atoms with Gasteiger partial charge >= 0.3 is 11.3 Å². The van der Waals surface area contributed by atoms with E-state index in [9.17, 15) is 35.7 Å². The van der Waals surface area contributed by atoms with Gasteiger partial charge in [-0.05, 0) is 0 Å². The van der Waals surface area contributed by atoms with Gasteiger partial charge in [0.25, 0.3) is 0 Å². The Hall–Kier alpha value is -3.51. The van der Waals surface area contributed by atoms with E-state index in [0.29, 0.717) is 0 Å². The molecule has 0 radical (unpaired) electrons. The predicted molar refractivity (Wildman–Crippen MR) is 108 cm³/mol. The second-order valence-corrected chi connectivity index (χ2v) is 7.19. The lowest BCUT2D eigenvalue weighted by Crippen LogP contribution is -2.35. The second-order valence-electron chi connectivity index (χ2n) is 7.19. The monoisotopic (exact) mass is 449 g/mol. The van der Waals surface area contributed by atoms with Gasteiger partial charge in [0.15, 0.2) is 11.5 Å². The molecular weight excluding hydrogens is 428 g/mol. The molecular formula is C21H21O11+. The maximum Gasteiger partial charge on any atom is 0.402 e. The third-order valence-corrected chi connectivity index (χ3v) is 5.09. The van der Waals surface area contributed by atoms with Crippen molar-refractivity contribution in [3.8, 4) is 45.8 Å². The summed E-state index contributed by atoms with van der Waals surface area (Å²) in [4.78, 5) is 0. The van der Waals surface area contributed by atoms with E-state index in [2.05, 4.69) is 0 Å². The average molecular weight is 449 g/mol. The van der Waals surface area contributed by atoms with Gasteiger partial charge in [-0.2, -0.15) is 0 Å². The van der Waals surface area contributed by atoms with E-state index in [0.717, 1.165) is 12.1 Å². The van der Waals surface area contributed by atoms with Gasteiger partial charge in [0.1, 0.15) is 35.2 Å². The fourth-order valence-corrected chi connectivity index (χ4v) is 3.44. The zero-order chi connectivity index (χ0) is 23.2. The Kier molecular flexibility index (Phi) is 5.57. The maximum absolute atomic E-state index is 10.2. The van der Waals surface area contributed by atoms with Gasteiger partial charge in [-0.25, -0.2) is 4.42 Å². The molecule has 0 amide bonds. The number of rotatable bonds is 5. The van der Waals surface area contributed by atoms with E-state index in [-0.39, 0.29) is 45.3 Å². The summed E-state index contributed by atoms with van der Waals surface area (Å²) in [5.74, 6) is -1.83. The topological polar surface area (TPSA) is 181 Å². The summed E-state index contributed by atoms with van der Waals surface area (Å²) in [6, 6.07) is 6.17. The molecule has 2 aromatic carbocycles. The molecule has 0 unspecified atom stereocenters. The number of phenols is 4. The van der Waals surface area contributed by atoms with Crippen molar-refractivity contribution in [2.75, 3.05) is 13.7 Å². The molecule has 4 atom stereocenters. The molecule has 2 heterocycles. The van der Waals surface area contributed by atoms with Gasteiger partial charge in [-0.3, -0.25) is 0 Å². The molecule has 0 aliphatic carbocycles. The summed E-state index contributed by atoms with van der Waals surface area (Å²) in [6.07, 6.45) is -5.40. The lowest BCUT2D eigenvalue weighted by atomic mass is 10.1. The molecule has 0 saturated carbocycles. The molecule has 1 aromatic heterocycles. The maximum atomic E-state index is 10.2. The number of methoxy groups -OCH3 is 1. The van der Waals surface area contributed by atoms with E-state index in [4.69, 9.17) is 18.6 Å². The third-order valence-electron chi connectivity index (χ3n) is 5.09. The van der Waals surface area contributed by atoms with E-state index in [1.54, 1.807) is 0 Å². The number of aliphatic hydroxyl groups is 3. The molecule has 1 fully saturated rings. The van der Waals surface area contributed by atoms with E-state index >= 15 is 0 Å². The van der Waals surface area contributed by atoms with Crippen LogP contribution in [-0.4, -0.2) is 74.1 Å². The molecule has 1 aliphatic rings. The molecule has 32 heavy (non-hydrogen) atoms. The zero-order valence-corrected chi connectivity index (χ0v) is 16.7. The Morgan fingerprint density at radius 2 is 1.69 bits per heavy atom. The van der Waals surface area contributed by atoms with Crippen LogP contribution < -0.4 is 9.47 Å². The Morgan fingerprint density at radius 3 is 2.34 bits per heavy atom. The van der Waals surface area contributed by atoms with Crippen LogP contribution in [0.25, 0.3) is 22.3 Å². The van der Waals surface area contributed by atoms with Crippen LogP contribution in [0.1, 0.15) is 0 Å². The quantitative estimate of drug-likeness (QED) is 0.218. The van der Waals surface area contributed by atoms with Gasteiger partial charge in [0.05, 0.1) is 25.3 Å². The minimum atomic E-state index is -1.51. The first kappa shape index (κ1) is 21.7. The number of fused-ring (bicyclic) bond motifs is 1. The van der Waals surface area contributed by atoms with Gasteiger partial charge in [0, 0.05) is 24.3 Å². The van der Waals surface area contributed by atoms with E-state index in [1.807, 2.05) is 0 Å². The van der Waals surface area contributed by atoms with Crippen molar-refractivity contribution in [1.82, 2.24) is 0 Å². The highest BCUT2D eigenvalue weighted by Crippen LogP contribution is 2.45. The van der Waals surface area contributed by atoms with Crippen molar-refractivity contribution >= 4 is 11.0 Å². The van der Waals surface area contributed by atoms with Crippen LogP contribution in [0.2, 0.25) is 0 Å². The number of hydrogen-bond donors (Lipinski definition) is 7. The third kappa shape index (κ3) is 3.67. The van der Waals surface area contributed by atoms with Crippen molar-refractivity contribution < 1.29 is 54.4 Å². The number of phenolic OH excluding ortho intramolecular Hbond substituents is 4. The molecule has 11 heteroatoms. The number of hydrogen-bond acceptors (Lipinski definition) is 10. The van der Waals surface area contributed by atoms with E-state index < -0.39 is 42.7 Å². The number of aromatic hydroxyl groups is 4. The lowest BCUT2D eigenvalue weighted by molar-refractivity contribution is -0.116. The smallest absolute Gasteiger partial charge is 0.402 e. The van der Waals surface area contributed by atoms with Crippen molar-refractivity contribution in [2.45, 2.75) is 24.6 Å².